The molecule has 14 heavy (non-hydrogen) atoms. The Bertz CT molecular complexity index is 339. The molecule has 1 N–H and O–H groups in total. The van der Waals surface area contributed by atoms with Gasteiger partial charge in [0.1, 0.15) is 0 Å². The maximum Gasteiger partial charge on any atom is 0.303 e. The zero-order valence-electron chi connectivity index (χ0n) is 7.46. The van der Waals surface area contributed by atoms with Crippen LogP contribution in [0.2, 0.25) is 5.02 Å². The van der Waals surface area contributed by atoms with Crippen LogP contribution in [-0.2, 0) is 11.2 Å². The van der Waals surface area contributed by atoms with Gasteiger partial charge in [-0.2, -0.15) is 0 Å². The highest BCUT2D eigenvalue weighted by Gasteiger charge is 2.02. The van der Waals surface area contributed by atoms with Crippen molar-refractivity contribution in [2.45, 2.75) is 19.3 Å². The zero-order valence-corrected chi connectivity index (χ0v) is 9.81. The molecular weight excluding hydrogens is 267 g/mol. The molecule has 1 aromatic rings. The molecule has 0 atom stereocenters. The highest BCUT2D eigenvalue weighted by molar-refractivity contribution is 9.10. The first-order valence-electron chi connectivity index (χ1n) is 4.25. The summed E-state index contributed by atoms with van der Waals surface area (Å²) in [6.07, 6.45) is 1.61. The fourth-order valence-corrected chi connectivity index (χ4v) is 2.04. The van der Waals surface area contributed by atoms with E-state index in [2.05, 4.69) is 15.9 Å². The number of carboxylic acids is 1. The predicted octanol–water partition coefficient (Wildman–Crippen LogP) is 3.51. The van der Waals surface area contributed by atoms with Crippen LogP contribution in [0.3, 0.4) is 0 Å². The fourth-order valence-electron chi connectivity index (χ4n) is 1.15. The molecule has 0 radical (unpaired) electrons. The Hall–Kier alpha value is -0.540. The van der Waals surface area contributed by atoms with Crippen LogP contribution in [0.1, 0.15) is 18.4 Å². The van der Waals surface area contributed by atoms with Crippen LogP contribution in [0.25, 0.3) is 0 Å². The summed E-state index contributed by atoms with van der Waals surface area (Å²) >= 11 is 9.16. The van der Waals surface area contributed by atoms with Crippen LogP contribution in [0.15, 0.2) is 22.7 Å². The maximum atomic E-state index is 10.3. The van der Waals surface area contributed by atoms with Crippen molar-refractivity contribution in [1.29, 1.82) is 0 Å². The van der Waals surface area contributed by atoms with E-state index in [1.54, 1.807) is 0 Å². The molecule has 0 spiro atoms. The van der Waals surface area contributed by atoms with Gasteiger partial charge < -0.3 is 5.11 Å². The number of aliphatic carboxylic acids is 1. The molecule has 0 amide bonds. The normalized spacial score (nSPS) is 10.1. The van der Waals surface area contributed by atoms with Gasteiger partial charge >= 0.3 is 5.97 Å². The number of rotatable bonds is 4. The molecule has 0 aromatic heterocycles. The van der Waals surface area contributed by atoms with Crippen molar-refractivity contribution < 1.29 is 9.90 Å². The maximum absolute atomic E-state index is 10.3. The molecule has 0 aliphatic carbocycles. The summed E-state index contributed by atoms with van der Waals surface area (Å²) in [5, 5.41) is 9.15. The molecule has 0 aliphatic heterocycles. The Balaban J connectivity index is 2.55. The minimum Gasteiger partial charge on any atom is -0.481 e. The summed E-state index contributed by atoms with van der Waals surface area (Å²) in [6, 6.07) is 5.54. The number of carboxylic acid groups (broad SMARTS) is 1. The number of aryl methyl sites for hydroxylation is 1. The zero-order chi connectivity index (χ0) is 10.6. The molecular formula is C10H10BrClO2. The van der Waals surface area contributed by atoms with E-state index in [0.29, 0.717) is 11.4 Å². The number of carbonyl (C=O) groups is 1. The van der Waals surface area contributed by atoms with E-state index < -0.39 is 5.97 Å². The Labute approximate surface area is 96.0 Å². The SMILES string of the molecule is O=C(O)CCCc1ccc(Cl)cc1Br. The lowest BCUT2D eigenvalue weighted by Gasteiger charge is -2.03. The largest absolute Gasteiger partial charge is 0.481 e. The van der Waals surface area contributed by atoms with Gasteiger partial charge in [0.25, 0.3) is 0 Å². The first-order chi connectivity index (χ1) is 6.59. The monoisotopic (exact) mass is 276 g/mol. The van der Waals surface area contributed by atoms with Gasteiger partial charge in [0.2, 0.25) is 0 Å². The molecule has 76 valence electrons. The van der Waals surface area contributed by atoms with Crippen LogP contribution in [0.4, 0.5) is 0 Å². The molecule has 0 bridgehead atoms. The number of benzene rings is 1. The summed E-state index contributed by atoms with van der Waals surface area (Å²) < 4.78 is 0.940. The van der Waals surface area contributed by atoms with E-state index in [1.807, 2.05) is 18.2 Å². The number of hydrogen-bond acceptors (Lipinski definition) is 1. The first kappa shape index (κ1) is 11.5. The Morgan fingerprint density at radius 3 is 2.79 bits per heavy atom. The number of halogens is 2. The van der Waals surface area contributed by atoms with E-state index >= 15 is 0 Å². The summed E-state index contributed by atoms with van der Waals surface area (Å²) in [6.45, 7) is 0. The molecule has 0 fully saturated rings. The van der Waals surface area contributed by atoms with E-state index in [-0.39, 0.29) is 6.42 Å². The quantitative estimate of drug-likeness (QED) is 0.914. The average molecular weight is 278 g/mol. The van der Waals surface area contributed by atoms with Gasteiger partial charge in [-0.15, -0.1) is 0 Å². The lowest BCUT2D eigenvalue weighted by molar-refractivity contribution is -0.137. The minimum atomic E-state index is -0.755. The Morgan fingerprint density at radius 1 is 1.50 bits per heavy atom. The lowest BCUT2D eigenvalue weighted by atomic mass is 10.1. The second-order valence-corrected chi connectivity index (χ2v) is 4.27. The van der Waals surface area contributed by atoms with Crippen molar-refractivity contribution in [3.63, 3.8) is 0 Å². The summed E-state index contributed by atoms with van der Waals surface area (Å²) in [7, 11) is 0. The summed E-state index contributed by atoms with van der Waals surface area (Å²) in [4.78, 5) is 10.3. The smallest absolute Gasteiger partial charge is 0.303 e. The lowest BCUT2D eigenvalue weighted by Crippen LogP contribution is -1.96. The molecule has 0 heterocycles. The molecule has 0 aliphatic rings. The minimum absolute atomic E-state index is 0.203. The van der Waals surface area contributed by atoms with Crippen molar-refractivity contribution in [3.8, 4) is 0 Å². The first-order valence-corrected chi connectivity index (χ1v) is 5.42. The van der Waals surface area contributed by atoms with Crippen LogP contribution >= 0.6 is 27.5 Å². The van der Waals surface area contributed by atoms with E-state index in [1.165, 1.54) is 0 Å². The van der Waals surface area contributed by atoms with Gasteiger partial charge in [-0.1, -0.05) is 33.6 Å². The van der Waals surface area contributed by atoms with Gasteiger partial charge in [0.15, 0.2) is 0 Å². The van der Waals surface area contributed by atoms with Crippen molar-refractivity contribution in [2.24, 2.45) is 0 Å². The second kappa shape index (κ2) is 5.37. The second-order valence-electron chi connectivity index (χ2n) is 2.98. The molecule has 1 rings (SSSR count). The number of hydrogen-bond donors (Lipinski definition) is 1. The van der Waals surface area contributed by atoms with E-state index in [4.69, 9.17) is 16.7 Å². The highest BCUT2D eigenvalue weighted by atomic mass is 79.9. The van der Waals surface area contributed by atoms with Crippen LogP contribution < -0.4 is 0 Å². The Kier molecular flexibility index (Phi) is 4.42. The molecule has 1 aromatic carbocycles. The molecule has 2 nitrogen and oxygen atoms in total. The average Bonchev–Trinajstić information content (AvgIpc) is 2.08. The van der Waals surface area contributed by atoms with Crippen molar-refractivity contribution in [2.75, 3.05) is 0 Å². The third-order valence-corrected chi connectivity index (χ3v) is 2.83. The van der Waals surface area contributed by atoms with Crippen LogP contribution in [-0.4, -0.2) is 11.1 Å². The molecule has 4 heteroatoms. The van der Waals surface area contributed by atoms with Gasteiger partial charge in [-0.05, 0) is 30.5 Å². The van der Waals surface area contributed by atoms with E-state index in [9.17, 15) is 4.79 Å². The van der Waals surface area contributed by atoms with E-state index in [0.717, 1.165) is 16.5 Å². The molecule has 0 saturated carbocycles. The fraction of sp³-hybridized carbons (Fsp3) is 0.300. The molecule has 0 unspecified atom stereocenters. The predicted molar refractivity (Wildman–Crippen MR) is 59.7 cm³/mol. The summed E-state index contributed by atoms with van der Waals surface area (Å²) in [5.74, 6) is -0.755. The van der Waals surface area contributed by atoms with Gasteiger partial charge in [-0.3, -0.25) is 4.79 Å². The summed E-state index contributed by atoms with van der Waals surface area (Å²) in [5.41, 5.74) is 1.09. The molecule has 0 saturated heterocycles. The topological polar surface area (TPSA) is 37.3 Å². The Morgan fingerprint density at radius 2 is 2.21 bits per heavy atom. The standard InChI is InChI=1S/C10H10BrClO2/c11-9-6-8(12)5-4-7(9)2-1-3-10(13)14/h4-6H,1-3H2,(H,13,14). The third kappa shape index (κ3) is 3.68. The van der Waals surface area contributed by atoms with Crippen LogP contribution in [0.5, 0.6) is 0 Å². The van der Waals surface area contributed by atoms with Gasteiger partial charge in [0, 0.05) is 15.9 Å². The van der Waals surface area contributed by atoms with Crippen molar-refractivity contribution >= 4 is 33.5 Å². The van der Waals surface area contributed by atoms with Gasteiger partial charge in [0.05, 0.1) is 0 Å². The van der Waals surface area contributed by atoms with Gasteiger partial charge in [-0.25, -0.2) is 0 Å². The van der Waals surface area contributed by atoms with Crippen molar-refractivity contribution in [3.05, 3.63) is 33.3 Å². The highest BCUT2D eigenvalue weighted by Crippen LogP contribution is 2.22. The van der Waals surface area contributed by atoms with Crippen LogP contribution in [0, 0.1) is 0 Å². The third-order valence-electron chi connectivity index (χ3n) is 1.85. The van der Waals surface area contributed by atoms with Crippen molar-refractivity contribution in [1.82, 2.24) is 0 Å².